The van der Waals surface area contributed by atoms with Crippen LogP contribution in [0.15, 0.2) is 48.5 Å². The molecule has 8 heteroatoms. The van der Waals surface area contributed by atoms with Crippen molar-refractivity contribution in [1.29, 1.82) is 0 Å². The minimum Gasteiger partial charge on any atom is -0.497 e. The summed E-state index contributed by atoms with van der Waals surface area (Å²) in [5.74, 6) is -0.242. The predicted molar refractivity (Wildman–Crippen MR) is 159 cm³/mol. The third-order valence-electron chi connectivity index (χ3n) is 7.13. The smallest absolute Gasteiger partial charge is 0.408 e. The third-order valence-corrected chi connectivity index (χ3v) is 7.13. The van der Waals surface area contributed by atoms with Crippen LogP contribution in [0, 0.1) is 12.8 Å². The van der Waals surface area contributed by atoms with Crippen molar-refractivity contribution in [1.82, 2.24) is 10.2 Å². The number of aryl methyl sites for hydroxylation is 1. The second-order valence-electron chi connectivity index (χ2n) is 11.9. The number of alkyl carbamates (subject to hydrolysis) is 1. The molecule has 2 aromatic carbocycles. The van der Waals surface area contributed by atoms with Crippen LogP contribution in [0.2, 0.25) is 0 Å². The van der Waals surface area contributed by atoms with E-state index in [1.54, 1.807) is 57.0 Å². The SMILES string of the molecule is CCC(C)C(NC(=O)OC(C)(C)C)C(=O)N(C(C(=O)Nc1ccc(OC)cc1)c1cccc(C)c1)C(C)(C)CC. The van der Waals surface area contributed by atoms with Gasteiger partial charge in [0.15, 0.2) is 0 Å². The molecule has 0 aliphatic carbocycles. The minimum atomic E-state index is -0.962. The Balaban J connectivity index is 2.64. The van der Waals surface area contributed by atoms with Crippen LogP contribution in [0.3, 0.4) is 0 Å². The van der Waals surface area contributed by atoms with E-state index in [1.807, 2.05) is 65.8 Å². The number of nitrogens with zero attached hydrogens (tertiary/aromatic N) is 1. The van der Waals surface area contributed by atoms with E-state index in [0.717, 1.165) is 5.56 Å². The van der Waals surface area contributed by atoms with Crippen LogP contribution >= 0.6 is 0 Å². The van der Waals surface area contributed by atoms with Crippen molar-refractivity contribution in [3.05, 3.63) is 59.7 Å². The Morgan fingerprint density at radius 3 is 2.10 bits per heavy atom. The summed E-state index contributed by atoms with van der Waals surface area (Å²) in [6.07, 6.45) is 0.547. The van der Waals surface area contributed by atoms with Gasteiger partial charge in [0.05, 0.1) is 7.11 Å². The molecule has 0 radical (unpaired) electrons. The van der Waals surface area contributed by atoms with E-state index in [4.69, 9.17) is 9.47 Å². The van der Waals surface area contributed by atoms with Gasteiger partial charge in [-0.1, -0.05) is 57.0 Å². The van der Waals surface area contributed by atoms with Crippen LogP contribution in [0.4, 0.5) is 10.5 Å². The first-order valence-electron chi connectivity index (χ1n) is 14.0. The Kier molecular flexibility index (Phi) is 11.2. The molecule has 40 heavy (non-hydrogen) atoms. The second kappa shape index (κ2) is 13.7. The lowest BCUT2D eigenvalue weighted by Gasteiger charge is -2.45. The van der Waals surface area contributed by atoms with E-state index < -0.39 is 29.3 Å². The third kappa shape index (κ3) is 8.73. The van der Waals surface area contributed by atoms with E-state index in [2.05, 4.69) is 10.6 Å². The minimum absolute atomic E-state index is 0.210. The summed E-state index contributed by atoms with van der Waals surface area (Å²) in [5, 5.41) is 5.82. The zero-order valence-corrected chi connectivity index (χ0v) is 25.8. The van der Waals surface area contributed by atoms with E-state index in [-0.39, 0.29) is 17.7 Å². The van der Waals surface area contributed by atoms with Crippen LogP contribution in [-0.2, 0) is 14.3 Å². The van der Waals surface area contributed by atoms with Gasteiger partial charge >= 0.3 is 6.09 Å². The summed E-state index contributed by atoms with van der Waals surface area (Å²) >= 11 is 0. The van der Waals surface area contributed by atoms with Crippen molar-refractivity contribution < 1.29 is 23.9 Å². The molecule has 220 valence electrons. The molecule has 3 unspecified atom stereocenters. The molecule has 0 aliphatic heterocycles. The highest BCUT2D eigenvalue weighted by Gasteiger charge is 2.44. The quantitative estimate of drug-likeness (QED) is 0.325. The van der Waals surface area contributed by atoms with Crippen molar-refractivity contribution in [2.75, 3.05) is 12.4 Å². The molecule has 0 saturated carbocycles. The van der Waals surface area contributed by atoms with Crippen molar-refractivity contribution in [2.24, 2.45) is 5.92 Å². The highest BCUT2D eigenvalue weighted by molar-refractivity contribution is 5.99. The van der Waals surface area contributed by atoms with Gasteiger partial charge in [-0.15, -0.1) is 0 Å². The van der Waals surface area contributed by atoms with E-state index in [9.17, 15) is 14.4 Å². The van der Waals surface area contributed by atoms with Gasteiger partial charge in [0, 0.05) is 11.2 Å². The monoisotopic (exact) mass is 553 g/mol. The fraction of sp³-hybridized carbons (Fsp3) is 0.531. The number of methoxy groups -OCH3 is 1. The van der Waals surface area contributed by atoms with Gasteiger partial charge in [0.1, 0.15) is 23.4 Å². The standard InChI is InChI=1S/C32H47N3O5/c1-11-22(4)26(34-30(38)40-31(5,6)7)29(37)35(32(8,9)12-2)27(23-15-13-14-21(3)20-23)28(36)33-24-16-18-25(39-10)19-17-24/h13-20,22,26-27H,11-12H2,1-10H3,(H,33,36)(H,34,38). The van der Waals surface area contributed by atoms with E-state index >= 15 is 0 Å². The molecule has 8 nitrogen and oxygen atoms in total. The molecule has 0 heterocycles. The largest absolute Gasteiger partial charge is 0.497 e. The predicted octanol–water partition coefficient (Wildman–Crippen LogP) is 6.64. The summed E-state index contributed by atoms with van der Waals surface area (Å²) in [5.41, 5.74) is 0.769. The molecule has 3 atom stereocenters. The Morgan fingerprint density at radius 2 is 1.60 bits per heavy atom. The molecule has 0 aromatic heterocycles. The zero-order valence-electron chi connectivity index (χ0n) is 25.8. The fourth-order valence-electron chi connectivity index (χ4n) is 4.36. The van der Waals surface area contributed by atoms with Crippen LogP contribution in [0.1, 0.15) is 85.4 Å². The maximum Gasteiger partial charge on any atom is 0.408 e. The van der Waals surface area contributed by atoms with Gasteiger partial charge in [-0.05, 0) is 83.7 Å². The highest BCUT2D eigenvalue weighted by Crippen LogP contribution is 2.34. The molecular formula is C32H47N3O5. The maximum atomic E-state index is 14.5. The first kappa shape index (κ1) is 32.7. The van der Waals surface area contributed by atoms with Crippen molar-refractivity contribution in [3.63, 3.8) is 0 Å². The molecule has 2 aromatic rings. The Hall–Kier alpha value is -3.55. The van der Waals surface area contributed by atoms with Crippen molar-refractivity contribution in [3.8, 4) is 5.75 Å². The number of carbonyl (C=O) groups is 3. The van der Waals surface area contributed by atoms with Crippen LogP contribution < -0.4 is 15.4 Å². The highest BCUT2D eigenvalue weighted by atomic mass is 16.6. The van der Waals surface area contributed by atoms with E-state index in [0.29, 0.717) is 29.8 Å². The first-order chi connectivity index (χ1) is 18.6. The average molecular weight is 554 g/mol. The molecule has 0 spiro atoms. The number of amides is 3. The lowest BCUT2D eigenvalue weighted by atomic mass is 9.89. The normalized spacial score (nSPS) is 13.9. The topological polar surface area (TPSA) is 97.0 Å². The summed E-state index contributed by atoms with van der Waals surface area (Å²) < 4.78 is 10.7. The lowest BCUT2D eigenvalue weighted by Crippen LogP contribution is -2.60. The number of benzene rings is 2. The molecular weight excluding hydrogens is 506 g/mol. The summed E-state index contributed by atoms with van der Waals surface area (Å²) in [7, 11) is 1.58. The lowest BCUT2D eigenvalue weighted by molar-refractivity contribution is -0.148. The number of ether oxygens (including phenoxy) is 2. The Labute approximate surface area is 239 Å². The zero-order chi connectivity index (χ0) is 30.3. The van der Waals surface area contributed by atoms with Crippen molar-refractivity contribution in [2.45, 2.75) is 98.4 Å². The van der Waals surface area contributed by atoms with Crippen molar-refractivity contribution >= 4 is 23.6 Å². The van der Waals surface area contributed by atoms with Gasteiger partial charge in [0.2, 0.25) is 5.91 Å². The van der Waals surface area contributed by atoms with Gasteiger partial charge in [-0.25, -0.2) is 4.79 Å². The Morgan fingerprint density at radius 1 is 0.975 bits per heavy atom. The van der Waals surface area contributed by atoms with E-state index in [1.165, 1.54) is 0 Å². The molecule has 0 bridgehead atoms. The fourth-order valence-corrected chi connectivity index (χ4v) is 4.36. The van der Waals surface area contributed by atoms with Crippen LogP contribution in [0.5, 0.6) is 5.75 Å². The summed E-state index contributed by atoms with van der Waals surface area (Å²) in [4.78, 5) is 43.1. The van der Waals surface area contributed by atoms with Gasteiger partial charge in [-0.2, -0.15) is 0 Å². The summed E-state index contributed by atoms with van der Waals surface area (Å²) in [6, 6.07) is 12.8. The summed E-state index contributed by atoms with van der Waals surface area (Å²) in [6.45, 7) is 17.0. The molecule has 3 amide bonds. The number of nitrogens with one attached hydrogen (secondary N) is 2. The average Bonchev–Trinajstić information content (AvgIpc) is 2.88. The van der Waals surface area contributed by atoms with Gasteiger partial charge in [0.25, 0.3) is 5.91 Å². The molecule has 0 aliphatic rings. The molecule has 2 rings (SSSR count). The number of rotatable bonds is 11. The number of carbonyl (C=O) groups excluding carboxylic acids is 3. The molecule has 0 fully saturated rings. The number of anilines is 1. The Bertz CT molecular complexity index is 1150. The van der Waals surface area contributed by atoms with Crippen LogP contribution in [-0.4, -0.2) is 47.1 Å². The molecule has 0 saturated heterocycles. The van der Waals surface area contributed by atoms with Gasteiger partial charge < -0.3 is 25.0 Å². The second-order valence-corrected chi connectivity index (χ2v) is 11.9. The molecule has 2 N–H and O–H groups in total. The van der Waals surface area contributed by atoms with Crippen LogP contribution in [0.25, 0.3) is 0 Å². The number of hydrogen-bond acceptors (Lipinski definition) is 5. The number of hydrogen-bond donors (Lipinski definition) is 2. The van der Waals surface area contributed by atoms with Gasteiger partial charge in [-0.3, -0.25) is 9.59 Å². The maximum absolute atomic E-state index is 14.5. The first-order valence-corrected chi connectivity index (χ1v) is 14.0.